The van der Waals surface area contributed by atoms with Crippen LogP contribution in [0.25, 0.3) is 0 Å². The molecular formula is C5H7N3O2. The minimum Gasteiger partial charge on any atom is -0.425 e. The molecule has 1 aromatic heterocycles. The van der Waals surface area contributed by atoms with E-state index in [1.54, 1.807) is 6.92 Å². The van der Waals surface area contributed by atoms with Gasteiger partial charge in [-0.15, -0.1) is 10.2 Å². The average molecular weight is 141 g/mol. The van der Waals surface area contributed by atoms with E-state index in [0.717, 1.165) is 0 Å². The van der Waals surface area contributed by atoms with Crippen LogP contribution < -0.4 is 5.73 Å². The van der Waals surface area contributed by atoms with Crippen molar-refractivity contribution in [1.29, 1.82) is 0 Å². The first-order valence-electron chi connectivity index (χ1n) is 2.76. The second-order valence-corrected chi connectivity index (χ2v) is 1.86. The van der Waals surface area contributed by atoms with Crippen molar-refractivity contribution in [1.82, 2.24) is 10.2 Å². The highest BCUT2D eigenvalue weighted by Crippen LogP contribution is 1.96. The van der Waals surface area contributed by atoms with Crippen LogP contribution in [0, 0.1) is 6.92 Å². The normalized spacial score (nSPS) is 9.70. The zero-order valence-electron chi connectivity index (χ0n) is 5.50. The Balaban J connectivity index is 2.67. The number of nitrogens with zero attached hydrogens (tertiary/aromatic N) is 2. The quantitative estimate of drug-likeness (QED) is 0.596. The van der Waals surface area contributed by atoms with Crippen LogP contribution in [0.15, 0.2) is 4.42 Å². The molecule has 0 saturated carbocycles. The molecule has 10 heavy (non-hydrogen) atoms. The van der Waals surface area contributed by atoms with E-state index in [1.165, 1.54) is 0 Å². The van der Waals surface area contributed by atoms with Gasteiger partial charge in [0.15, 0.2) is 0 Å². The number of rotatable bonds is 2. The summed E-state index contributed by atoms with van der Waals surface area (Å²) in [4.78, 5) is 10.3. The zero-order valence-corrected chi connectivity index (χ0v) is 5.50. The lowest BCUT2D eigenvalue weighted by Crippen LogP contribution is -2.13. The maximum absolute atomic E-state index is 10.3. The third kappa shape index (κ3) is 1.54. The van der Waals surface area contributed by atoms with Crippen molar-refractivity contribution in [3.05, 3.63) is 11.8 Å². The number of aryl methyl sites for hydroxylation is 1. The van der Waals surface area contributed by atoms with E-state index in [-0.39, 0.29) is 12.3 Å². The van der Waals surface area contributed by atoms with E-state index in [2.05, 4.69) is 10.2 Å². The molecular weight excluding hydrogens is 134 g/mol. The highest BCUT2D eigenvalue weighted by atomic mass is 16.4. The summed E-state index contributed by atoms with van der Waals surface area (Å²) < 4.78 is 4.87. The van der Waals surface area contributed by atoms with Crippen LogP contribution in [-0.4, -0.2) is 16.1 Å². The molecule has 1 aromatic rings. The predicted molar refractivity (Wildman–Crippen MR) is 31.9 cm³/mol. The van der Waals surface area contributed by atoms with E-state index in [4.69, 9.17) is 10.2 Å². The van der Waals surface area contributed by atoms with Crippen LogP contribution >= 0.6 is 0 Å². The Morgan fingerprint density at radius 3 is 2.80 bits per heavy atom. The number of primary amides is 1. The molecule has 5 nitrogen and oxygen atoms in total. The largest absolute Gasteiger partial charge is 0.425 e. The third-order valence-corrected chi connectivity index (χ3v) is 0.893. The molecule has 0 unspecified atom stereocenters. The number of hydrogen-bond donors (Lipinski definition) is 1. The molecule has 0 fully saturated rings. The minimum atomic E-state index is -0.469. The summed E-state index contributed by atoms with van der Waals surface area (Å²) >= 11 is 0. The summed E-state index contributed by atoms with van der Waals surface area (Å²) in [5.41, 5.74) is 4.87. The van der Waals surface area contributed by atoms with Gasteiger partial charge in [-0.25, -0.2) is 0 Å². The molecule has 0 spiro atoms. The van der Waals surface area contributed by atoms with Crippen LogP contribution in [0.5, 0.6) is 0 Å². The number of hydrogen-bond acceptors (Lipinski definition) is 4. The van der Waals surface area contributed by atoms with Gasteiger partial charge < -0.3 is 10.2 Å². The van der Waals surface area contributed by atoms with Crippen LogP contribution in [-0.2, 0) is 11.2 Å². The molecule has 1 heterocycles. The van der Waals surface area contributed by atoms with Crippen molar-refractivity contribution in [2.45, 2.75) is 13.3 Å². The fourth-order valence-electron chi connectivity index (χ4n) is 0.558. The maximum Gasteiger partial charge on any atom is 0.226 e. The molecule has 0 radical (unpaired) electrons. The van der Waals surface area contributed by atoms with E-state index in [1.807, 2.05) is 0 Å². The summed E-state index contributed by atoms with van der Waals surface area (Å²) in [5.74, 6) is 0.241. The summed E-state index contributed by atoms with van der Waals surface area (Å²) in [6, 6.07) is 0. The van der Waals surface area contributed by atoms with Crippen LogP contribution in [0.4, 0.5) is 0 Å². The van der Waals surface area contributed by atoms with Crippen molar-refractivity contribution in [3.63, 3.8) is 0 Å². The number of nitrogens with two attached hydrogens (primary N) is 1. The molecule has 0 saturated heterocycles. The molecule has 0 aromatic carbocycles. The highest BCUT2D eigenvalue weighted by molar-refractivity contribution is 5.75. The Morgan fingerprint density at radius 2 is 2.40 bits per heavy atom. The summed E-state index contributed by atoms with van der Waals surface area (Å²) in [7, 11) is 0. The van der Waals surface area contributed by atoms with Gasteiger partial charge in [0.2, 0.25) is 17.7 Å². The van der Waals surface area contributed by atoms with Gasteiger partial charge in [-0.05, 0) is 0 Å². The molecule has 1 rings (SSSR count). The number of carbonyl (C=O) groups excluding carboxylic acids is 1. The summed E-state index contributed by atoms with van der Waals surface area (Å²) in [6.45, 7) is 1.65. The van der Waals surface area contributed by atoms with Gasteiger partial charge in [0.25, 0.3) is 0 Å². The van der Waals surface area contributed by atoms with Crippen molar-refractivity contribution in [2.24, 2.45) is 5.73 Å². The molecule has 2 N–H and O–H groups in total. The minimum absolute atomic E-state index is 0.0147. The summed E-state index contributed by atoms with van der Waals surface area (Å²) in [5, 5.41) is 7.08. The second kappa shape index (κ2) is 2.47. The molecule has 0 bridgehead atoms. The fourth-order valence-corrected chi connectivity index (χ4v) is 0.558. The van der Waals surface area contributed by atoms with Crippen molar-refractivity contribution in [3.8, 4) is 0 Å². The fraction of sp³-hybridized carbons (Fsp3) is 0.400. The standard InChI is InChI=1S/C5H7N3O2/c1-3-7-8-5(10-3)2-4(6)9/h2H2,1H3,(H2,6,9). The van der Waals surface area contributed by atoms with Crippen molar-refractivity contribution >= 4 is 5.91 Å². The van der Waals surface area contributed by atoms with Gasteiger partial charge in [0.05, 0.1) is 0 Å². The first-order valence-corrected chi connectivity index (χ1v) is 2.76. The molecule has 0 aliphatic rings. The highest BCUT2D eigenvalue weighted by Gasteiger charge is 2.04. The van der Waals surface area contributed by atoms with Gasteiger partial charge in [0.1, 0.15) is 6.42 Å². The van der Waals surface area contributed by atoms with Gasteiger partial charge in [-0.3, -0.25) is 4.79 Å². The SMILES string of the molecule is Cc1nnc(CC(N)=O)o1. The molecule has 0 aliphatic carbocycles. The summed E-state index contributed by atoms with van der Waals surface area (Å²) in [6.07, 6.45) is 0.0147. The number of aromatic nitrogens is 2. The van der Waals surface area contributed by atoms with Crippen LogP contribution in [0.2, 0.25) is 0 Å². The van der Waals surface area contributed by atoms with E-state index < -0.39 is 5.91 Å². The predicted octanol–water partition coefficient (Wildman–Crippen LogP) is -0.594. The Bertz CT molecular complexity index is 243. The Labute approximate surface area is 57.2 Å². The van der Waals surface area contributed by atoms with Gasteiger partial charge >= 0.3 is 0 Å². The second-order valence-electron chi connectivity index (χ2n) is 1.86. The molecule has 5 heteroatoms. The number of amides is 1. The van der Waals surface area contributed by atoms with Crippen LogP contribution in [0.3, 0.4) is 0 Å². The van der Waals surface area contributed by atoms with Crippen molar-refractivity contribution in [2.75, 3.05) is 0 Å². The lowest BCUT2D eigenvalue weighted by Gasteiger charge is -1.84. The molecule has 54 valence electrons. The lowest BCUT2D eigenvalue weighted by atomic mass is 10.4. The van der Waals surface area contributed by atoms with E-state index in [0.29, 0.717) is 5.89 Å². The Morgan fingerprint density at radius 1 is 1.70 bits per heavy atom. The van der Waals surface area contributed by atoms with Crippen LogP contribution in [0.1, 0.15) is 11.8 Å². The van der Waals surface area contributed by atoms with Gasteiger partial charge in [-0.1, -0.05) is 0 Å². The van der Waals surface area contributed by atoms with E-state index >= 15 is 0 Å². The number of carbonyl (C=O) groups is 1. The maximum atomic E-state index is 10.3. The molecule has 0 atom stereocenters. The monoisotopic (exact) mass is 141 g/mol. The zero-order chi connectivity index (χ0) is 7.56. The van der Waals surface area contributed by atoms with Gasteiger partial charge in [-0.2, -0.15) is 0 Å². The Hall–Kier alpha value is -1.39. The van der Waals surface area contributed by atoms with Crippen molar-refractivity contribution < 1.29 is 9.21 Å². The topological polar surface area (TPSA) is 82.0 Å². The third-order valence-electron chi connectivity index (χ3n) is 0.893. The van der Waals surface area contributed by atoms with Gasteiger partial charge in [0, 0.05) is 6.92 Å². The first-order chi connectivity index (χ1) is 4.68. The van der Waals surface area contributed by atoms with E-state index in [9.17, 15) is 4.79 Å². The molecule has 1 amide bonds. The first kappa shape index (κ1) is 6.73. The average Bonchev–Trinajstić information content (AvgIpc) is 2.13. The lowest BCUT2D eigenvalue weighted by molar-refractivity contribution is -0.117. The smallest absolute Gasteiger partial charge is 0.226 e. The Kier molecular flexibility index (Phi) is 1.66. The molecule has 0 aliphatic heterocycles.